The van der Waals surface area contributed by atoms with E-state index in [1.165, 1.54) is 22.3 Å². The molecular weight excluding hydrogens is 962 g/mol. The van der Waals surface area contributed by atoms with Crippen LogP contribution in [0.3, 0.4) is 0 Å². The molecule has 0 aliphatic heterocycles. The van der Waals surface area contributed by atoms with Crippen LogP contribution in [-0.2, 0) is 37.3 Å². The summed E-state index contributed by atoms with van der Waals surface area (Å²) in [5.41, 5.74) is 17.8. The topological polar surface area (TPSA) is 50.9 Å². The number of fused-ring (bicyclic) bond motifs is 4. The van der Waals surface area contributed by atoms with Crippen molar-refractivity contribution in [3.63, 3.8) is 0 Å². The van der Waals surface area contributed by atoms with E-state index < -0.39 is 0 Å². The van der Waals surface area contributed by atoms with E-state index in [9.17, 15) is 5.11 Å². The summed E-state index contributed by atoms with van der Waals surface area (Å²) in [6.45, 7) is 17.7. The SMILES string of the molecule is CC(C)(C)c1cc(-c2nc3c(-c4[c-]c(-c5cc6c(cn5)C(C)(C)c5ccccc5-6)cc(-c5ccccc5)c4)cccc3n2-c2ccccc2-c2ccccc2)c(O)c(C(C)(C)C)c1.[Pt]. The van der Waals surface area contributed by atoms with E-state index in [-0.39, 0.29) is 43.1 Å². The number of phenols is 1. The minimum atomic E-state index is -0.323. The number of benzene rings is 7. The van der Waals surface area contributed by atoms with E-state index in [0.717, 1.165) is 72.5 Å². The molecule has 9 aromatic rings. The van der Waals surface area contributed by atoms with Gasteiger partial charge in [0.15, 0.2) is 0 Å². The molecule has 1 aliphatic carbocycles. The van der Waals surface area contributed by atoms with Gasteiger partial charge < -0.3 is 5.11 Å². The molecule has 1 aliphatic rings. The van der Waals surface area contributed by atoms with Crippen LogP contribution in [0, 0.1) is 6.07 Å². The summed E-state index contributed by atoms with van der Waals surface area (Å²) in [6.07, 6.45) is 2.07. The molecule has 0 fully saturated rings. The second-order valence-electron chi connectivity index (χ2n) is 19.6. The third-order valence-electron chi connectivity index (χ3n) is 12.9. The summed E-state index contributed by atoms with van der Waals surface area (Å²) < 4.78 is 2.25. The fraction of sp³-hybridized carbons (Fsp3) is 0.186. The van der Waals surface area contributed by atoms with Crippen molar-refractivity contribution in [1.82, 2.24) is 14.5 Å². The van der Waals surface area contributed by atoms with Gasteiger partial charge in [-0.05, 0) is 68.0 Å². The van der Waals surface area contributed by atoms with E-state index in [0.29, 0.717) is 11.4 Å². The van der Waals surface area contributed by atoms with E-state index >= 15 is 0 Å². The Balaban J connectivity index is 0.00000518. The average molecular weight is 1010 g/mol. The quantitative estimate of drug-likeness (QED) is 0.169. The molecule has 0 spiro atoms. The summed E-state index contributed by atoms with van der Waals surface area (Å²) >= 11 is 0. The van der Waals surface area contributed by atoms with Crippen LogP contribution in [0.2, 0.25) is 0 Å². The molecule has 64 heavy (non-hydrogen) atoms. The smallest absolute Gasteiger partial charge is 0.148 e. The second kappa shape index (κ2) is 16.0. The first-order valence-electron chi connectivity index (χ1n) is 22.0. The molecule has 2 heterocycles. The maximum Gasteiger partial charge on any atom is 0.148 e. The molecule has 2 aromatic heterocycles. The first kappa shape index (κ1) is 42.9. The predicted octanol–water partition coefficient (Wildman–Crippen LogP) is 15.2. The van der Waals surface area contributed by atoms with Gasteiger partial charge in [-0.1, -0.05) is 199 Å². The summed E-state index contributed by atoms with van der Waals surface area (Å²) in [5.74, 6) is 0.925. The van der Waals surface area contributed by atoms with Gasteiger partial charge in [0, 0.05) is 49.5 Å². The average Bonchev–Trinajstić information content (AvgIpc) is 3.78. The van der Waals surface area contributed by atoms with Crippen molar-refractivity contribution >= 4 is 11.0 Å². The first-order valence-corrected chi connectivity index (χ1v) is 22.0. The van der Waals surface area contributed by atoms with Gasteiger partial charge in [0.1, 0.15) is 11.6 Å². The summed E-state index contributed by atoms with van der Waals surface area (Å²) in [4.78, 5) is 10.8. The van der Waals surface area contributed by atoms with Crippen LogP contribution in [0.15, 0.2) is 164 Å². The summed E-state index contributed by atoms with van der Waals surface area (Å²) in [7, 11) is 0. The van der Waals surface area contributed by atoms with Crippen LogP contribution in [0.25, 0.3) is 83.9 Å². The number of rotatable bonds is 6. The van der Waals surface area contributed by atoms with Gasteiger partial charge in [-0.2, -0.15) is 0 Å². The van der Waals surface area contributed by atoms with Crippen molar-refractivity contribution < 1.29 is 26.2 Å². The van der Waals surface area contributed by atoms with E-state index in [4.69, 9.17) is 9.97 Å². The normalized spacial score (nSPS) is 13.1. The van der Waals surface area contributed by atoms with Gasteiger partial charge in [-0.3, -0.25) is 9.55 Å². The Kier molecular flexibility index (Phi) is 10.7. The number of hydrogen-bond acceptors (Lipinski definition) is 3. The number of hydrogen-bond donors (Lipinski definition) is 1. The Bertz CT molecular complexity index is 3220. The zero-order valence-corrected chi connectivity index (χ0v) is 40.0. The van der Waals surface area contributed by atoms with E-state index in [1.54, 1.807) is 0 Å². The van der Waals surface area contributed by atoms with Crippen LogP contribution < -0.4 is 0 Å². The standard InChI is InChI=1S/C59H52N3O.Pt/c1-57(2,3)42-33-47(55(63)49(34-42)58(4,5)6)56-61-54-44(26-19-29-53(54)62(56)52-28-18-16-24-43(52)38-22-13-10-14-23-38)40-30-39(37-20-11-9-12-21-37)31-41(32-40)51-35-46-45-25-15-17-27-48(45)59(7,8)50(46)36-60-51;/h9-31,33-36,63H,1-8H3;/q-1;. The molecule has 0 radical (unpaired) electrons. The van der Waals surface area contributed by atoms with Gasteiger partial charge >= 0.3 is 0 Å². The Morgan fingerprint density at radius 2 is 1.17 bits per heavy atom. The van der Waals surface area contributed by atoms with Crippen molar-refractivity contribution in [3.05, 3.63) is 192 Å². The van der Waals surface area contributed by atoms with Crippen LogP contribution in [0.4, 0.5) is 0 Å². The molecule has 5 heteroatoms. The number of aromatic nitrogens is 3. The van der Waals surface area contributed by atoms with Crippen molar-refractivity contribution in [2.45, 2.75) is 71.6 Å². The molecule has 7 aromatic carbocycles. The van der Waals surface area contributed by atoms with Crippen molar-refractivity contribution in [1.29, 1.82) is 0 Å². The van der Waals surface area contributed by atoms with E-state index in [1.807, 2.05) is 6.07 Å². The number of nitrogens with zero attached hydrogens (tertiary/aromatic N) is 3. The molecule has 0 atom stereocenters. The maximum absolute atomic E-state index is 12.5. The molecule has 0 unspecified atom stereocenters. The number of aromatic hydroxyl groups is 1. The fourth-order valence-corrected chi connectivity index (χ4v) is 9.46. The van der Waals surface area contributed by atoms with Gasteiger partial charge in [-0.25, -0.2) is 4.98 Å². The monoisotopic (exact) mass is 1010 g/mol. The van der Waals surface area contributed by atoms with Crippen LogP contribution in [-0.4, -0.2) is 19.6 Å². The number of pyridine rings is 1. The molecule has 0 amide bonds. The van der Waals surface area contributed by atoms with Crippen molar-refractivity contribution in [3.8, 4) is 78.6 Å². The van der Waals surface area contributed by atoms with Crippen LogP contribution in [0.1, 0.15) is 77.6 Å². The van der Waals surface area contributed by atoms with Gasteiger partial charge in [0.2, 0.25) is 0 Å². The maximum atomic E-state index is 12.5. The van der Waals surface area contributed by atoms with E-state index in [2.05, 4.69) is 224 Å². The molecule has 0 saturated heterocycles. The van der Waals surface area contributed by atoms with Crippen molar-refractivity contribution in [2.75, 3.05) is 0 Å². The molecule has 0 bridgehead atoms. The molecular formula is C59H52N3OPt-. The zero-order valence-electron chi connectivity index (χ0n) is 37.7. The molecule has 4 nitrogen and oxygen atoms in total. The predicted molar refractivity (Wildman–Crippen MR) is 262 cm³/mol. The molecule has 320 valence electrons. The molecule has 10 rings (SSSR count). The molecule has 1 N–H and O–H groups in total. The number of phenolic OH excluding ortho intramolecular Hbond substituents is 1. The van der Waals surface area contributed by atoms with Gasteiger partial charge in [0.25, 0.3) is 0 Å². The summed E-state index contributed by atoms with van der Waals surface area (Å²) in [5, 5.41) is 12.5. The number of para-hydroxylation sites is 2. The van der Waals surface area contributed by atoms with Crippen molar-refractivity contribution in [2.24, 2.45) is 0 Å². The third kappa shape index (κ3) is 7.32. The number of imidazole rings is 1. The Hall–Kier alpha value is -6.35. The first-order chi connectivity index (χ1) is 30.2. The van der Waals surface area contributed by atoms with Gasteiger partial charge in [0.05, 0.1) is 22.3 Å². The third-order valence-corrected chi connectivity index (χ3v) is 12.9. The summed E-state index contributed by atoms with van der Waals surface area (Å²) in [6, 6.07) is 59.6. The minimum Gasteiger partial charge on any atom is -0.507 e. The Morgan fingerprint density at radius 1 is 0.547 bits per heavy atom. The van der Waals surface area contributed by atoms with Crippen LogP contribution >= 0.6 is 0 Å². The Morgan fingerprint density at radius 3 is 1.88 bits per heavy atom. The largest absolute Gasteiger partial charge is 0.507 e. The van der Waals surface area contributed by atoms with Crippen LogP contribution in [0.5, 0.6) is 5.75 Å². The zero-order chi connectivity index (χ0) is 43.8. The van der Waals surface area contributed by atoms with Gasteiger partial charge in [-0.15, -0.1) is 23.8 Å². The Labute approximate surface area is 392 Å². The molecule has 0 saturated carbocycles. The fourth-order valence-electron chi connectivity index (χ4n) is 9.46. The second-order valence-corrected chi connectivity index (χ2v) is 19.6. The minimum absolute atomic E-state index is 0.